The van der Waals surface area contributed by atoms with Gasteiger partial charge in [0.05, 0.1) is 0 Å². The van der Waals surface area contributed by atoms with E-state index in [1.54, 1.807) is 0 Å². The monoisotopic (exact) mass is 232 g/mol. The number of rotatable bonds is 4. The van der Waals surface area contributed by atoms with Gasteiger partial charge in [0, 0.05) is 18.4 Å². The first-order valence-corrected chi connectivity index (χ1v) is 7.07. The summed E-state index contributed by atoms with van der Waals surface area (Å²) in [5, 5.41) is 3.71. The predicted octanol–water partition coefficient (Wildman–Crippen LogP) is 3.33. The third-order valence-corrected chi connectivity index (χ3v) is 3.67. The molecule has 1 N–H and O–H groups in total. The summed E-state index contributed by atoms with van der Waals surface area (Å²) in [7, 11) is 0. The zero-order chi connectivity index (χ0) is 11.8. The Morgan fingerprint density at radius 1 is 1.12 bits per heavy atom. The van der Waals surface area contributed by atoms with Gasteiger partial charge >= 0.3 is 0 Å². The van der Waals surface area contributed by atoms with Crippen molar-refractivity contribution in [2.75, 3.05) is 6.54 Å². The molecule has 94 valence electrons. The summed E-state index contributed by atoms with van der Waals surface area (Å²) in [5.74, 6) is 0. The van der Waals surface area contributed by atoms with Crippen LogP contribution < -0.4 is 5.32 Å². The number of hydrogen-bond donors (Lipinski definition) is 1. The van der Waals surface area contributed by atoms with Crippen LogP contribution in [0.2, 0.25) is 0 Å². The first kappa shape index (κ1) is 12.6. The molecule has 1 fully saturated rings. The van der Waals surface area contributed by atoms with E-state index in [9.17, 15) is 0 Å². The SMILES string of the molecule is c1cncc(CCNC2CCCCCCC2)c1. The van der Waals surface area contributed by atoms with Gasteiger partial charge in [-0.25, -0.2) is 0 Å². The molecule has 0 saturated heterocycles. The summed E-state index contributed by atoms with van der Waals surface area (Å²) in [6.07, 6.45) is 14.8. The van der Waals surface area contributed by atoms with E-state index in [1.807, 2.05) is 18.5 Å². The highest BCUT2D eigenvalue weighted by Gasteiger charge is 2.09. The topological polar surface area (TPSA) is 24.9 Å². The lowest BCUT2D eigenvalue weighted by Gasteiger charge is -2.21. The Balaban J connectivity index is 1.66. The summed E-state index contributed by atoms with van der Waals surface area (Å²) < 4.78 is 0. The average Bonchev–Trinajstić information content (AvgIpc) is 2.33. The maximum Gasteiger partial charge on any atom is 0.0300 e. The van der Waals surface area contributed by atoms with Gasteiger partial charge in [-0.2, -0.15) is 0 Å². The van der Waals surface area contributed by atoms with Gasteiger partial charge in [-0.3, -0.25) is 4.98 Å². The van der Waals surface area contributed by atoms with Crippen molar-refractivity contribution >= 4 is 0 Å². The largest absolute Gasteiger partial charge is 0.314 e. The Hall–Kier alpha value is -0.890. The van der Waals surface area contributed by atoms with Gasteiger partial charge in [0.1, 0.15) is 0 Å². The molecule has 1 aromatic rings. The van der Waals surface area contributed by atoms with E-state index in [-0.39, 0.29) is 0 Å². The highest BCUT2D eigenvalue weighted by atomic mass is 14.9. The van der Waals surface area contributed by atoms with Gasteiger partial charge in [-0.15, -0.1) is 0 Å². The summed E-state index contributed by atoms with van der Waals surface area (Å²) >= 11 is 0. The third-order valence-electron chi connectivity index (χ3n) is 3.67. The molecule has 0 spiro atoms. The molecule has 2 heteroatoms. The Kier molecular flexibility index (Phi) is 5.50. The van der Waals surface area contributed by atoms with Crippen LogP contribution in [0, 0.1) is 0 Å². The van der Waals surface area contributed by atoms with Crippen LogP contribution in [0.1, 0.15) is 50.5 Å². The molecular weight excluding hydrogens is 208 g/mol. The summed E-state index contributed by atoms with van der Waals surface area (Å²) in [6.45, 7) is 1.09. The second-order valence-corrected chi connectivity index (χ2v) is 5.11. The van der Waals surface area contributed by atoms with Gasteiger partial charge in [0.2, 0.25) is 0 Å². The lowest BCUT2D eigenvalue weighted by molar-refractivity contribution is 0.392. The van der Waals surface area contributed by atoms with Gasteiger partial charge in [-0.1, -0.05) is 38.2 Å². The molecule has 2 nitrogen and oxygen atoms in total. The first-order chi connectivity index (χ1) is 8.45. The lowest BCUT2D eigenvalue weighted by Crippen LogP contribution is -2.31. The highest BCUT2D eigenvalue weighted by molar-refractivity contribution is 5.08. The minimum Gasteiger partial charge on any atom is -0.314 e. The van der Waals surface area contributed by atoms with Crippen LogP contribution in [-0.2, 0) is 6.42 Å². The molecule has 1 aliphatic carbocycles. The molecule has 1 aliphatic rings. The Morgan fingerprint density at radius 3 is 2.59 bits per heavy atom. The van der Waals surface area contributed by atoms with Crippen molar-refractivity contribution < 1.29 is 0 Å². The number of nitrogens with one attached hydrogen (secondary N) is 1. The Bertz CT molecular complexity index is 289. The minimum atomic E-state index is 0.756. The van der Waals surface area contributed by atoms with Crippen LogP contribution in [0.4, 0.5) is 0 Å². The van der Waals surface area contributed by atoms with Crippen molar-refractivity contribution in [3.8, 4) is 0 Å². The molecule has 2 rings (SSSR count). The number of pyridine rings is 1. The van der Waals surface area contributed by atoms with Crippen LogP contribution in [0.3, 0.4) is 0 Å². The maximum absolute atomic E-state index is 4.15. The highest BCUT2D eigenvalue weighted by Crippen LogP contribution is 2.16. The Morgan fingerprint density at radius 2 is 1.88 bits per heavy atom. The van der Waals surface area contributed by atoms with Crippen molar-refractivity contribution in [3.63, 3.8) is 0 Å². The van der Waals surface area contributed by atoms with Crippen LogP contribution in [0.25, 0.3) is 0 Å². The molecule has 0 bridgehead atoms. The molecular formula is C15H24N2. The molecule has 1 saturated carbocycles. The Labute approximate surface area is 105 Å². The zero-order valence-corrected chi connectivity index (χ0v) is 10.7. The van der Waals surface area contributed by atoms with E-state index in [1.165, 1.54) is 50.5 Å². The second kappa shape index (κ2) is 7.44. The van der Waals surface area contributed by atoms with E-state index >= 15 is 0 Å². The molecule has 0 aromatic carbocycles. The lowest BCUT2D eigenvalue weighted by atomic mass is 9.96. The molecule has 1 heterocycles. The van der Waals surface area contributed by atoms with Crippen LogP contribution in [-0.4, -0.2) is 17.6 Å². The summed E-state index contributed by atoms with van der Waals surface area (Å²) in [4.78, 5) is 4.15. The average molecular weight is 232 g/mol. The zero-order valence-electron chi connectivity index (χ0n) is 10.7. The van der Waals surface area contributed by atoms with E-state index < -0.39 is 0 Å². The van der Waals surface area contributed by atoms with E-state index in [4.69, 9.17) is 0 Å². The van der Waals surface area contributed by atoms with Crippen LogP contribution in [0.15, 0.2) is 24.5 Å². The fourth-order valence-corrected chi connectivity index (χ4v) is 2.63. The fourth-order valence-electron chi connectivity index (χ4n) is 2.63. The van der Waals surface area contributed by atoms with Crippen LogP contribution in [0.5, 0.6) is 0 Å². The molecule has 0 aliphatic heterocycles. The van der Waals surface area contributed by atoms with Crippen molar-refractivity contribution in [3.05, 3.63) is 30.1 Å². The molecule has 1 aromatic heterocycles. The van der Waals surface area contributed by atoms with Gasteiger partial charge in [-0.05, 0) is 37.4 Å². The summed E-state index contributed by atoms with van der Waals surface area (Å²) in [5.41, 5.74) is 1.34. The van der Waals surface area contributed by atoms with E-state index in [0.29, 0.717) is 0 Å². The van der Waals surface area contributed by atoms with Crippen molar-refractivity contribution in [2.45, 2.75) is 57.4 Å². The third kappa shape index (κ3) is 4.86. The molecule has 0 unspecified atom stereocenters. The molecule has 0 atom stereocenters. The predicted molar refractivity (Wildman–Crippen MR) is 72.1 cm³/mol. The number of aromatic nitrogens is 1. The second-order valence-electron chi connectivity index (χ2n) is 5.11. The van der Waals surface area contributed by atoms with E-state index in [0.717, 1.165) is 19.0 Å². The molecule has 17 heavy (non-hydrogen) atoms. The van der Waals surface area contributed by atoms with Crippen molar-refractivity contribution in [1.29, 1.82) is 0 Å². The standard InChI is InChI=1S/C15H24N2/c1-2-4-8-15(9-5-3-1)17-12-10-14-7-6-11-16-13-14/h6-7,11,13,15,17H,1-5,8-10,12H2. The van der Waals surface area contributed by atoms with Crippen LogP contribution >= 0.6 is 0 Å². The first-order valence-electron chi connectivity index (χ1n) is 7.07. The maximum atomic E-state index is 4.15. The van der Waals surface area contributed by atoms with Gasteiger partial charge in [0.25, 0.3) is 0 Å². The minimum absolute atomic E-state index is 0.756. The molecule has 0 amide bonds. The fraction of sp³-hybridized carbons (Fsp3) is 0.667. The smallest absolute Gasteiger partial charge is 0.0300 e. The summed E-state index contributed by atoms with van der Waals surface area (Å²) in [6, 6.07) is 4.93. The van der Waals surface area contributed by atoms with Gasteiger partial charge < -0.3 is 5.32 Å². The number of nitrogens with zero attached hydrogens (tertiary/aromatic N) is 1. The van der Waals surface area contributed by atoms with Crippen molar-refractivity contribution in [2.24, 2.45) is 0 Å². The van der Waals surface area contributed by atoms with Crippen molar-refractivity contribution in [1.82, 2.24) is 10.3 Å². The number of hydrogen-bond acceptors (Lipinski definition) is 2. The molecule has 0 radical (unpaired) electrons. The van der Waals surface area contributed by atoms with E-state index in [2.05, 4.69) is 16.4 Å². The normalized spacial score (nSPS) is 18.6. The quantitative estimate of drug-likeness (QED) is 0.861. The van der Waals surface area contributed by atoms with Gasteiger partial charge in [0.15, 0.2) is 0 Å².